The normalized spacial score (nSPS) is 13.2. The van der Waals surface area contributed by atoms with Crippen LogP contribution in [0.4, 0.5) is 0 Å². The first-order chi connectivity index (χ1) is 9.54. The summed E-state index contributed by atoms with van der Waals surface area (Å²) in [5, 5.41) is -1.55. The molecule has 0 aromatic heterocycles. The molecule has 20 heavy (non-hydrogen) atoms. The van der Waals surface area contributed by atoms with Gasteiger partial charge in [-0.15, -0.1) is 0 Å². The van der Waals surface area contributed by atoms with Crippen LogP contribution in [0.3, 0.4) is 0 Å². The number of hydrogen-bond acceptors (Lipinski definition) is 0. The molecule has 0 aliphatic heterocycles. The van der Waals surface area contributed by atoms with E-state index in [4.69, 9.17) is 0 Å². The van der Waals surface area contributed by atoms with E-state index in [1.165, 1.54) is 76.0 Å². The fraction of sp³-hybridized carbons (Fsp3) is 1.00. The summed E-state index contributed by atoms with van der Waals surface area (Å²) in [6.07, 6.45) is 17.2. The molecule has 0 heterocycles. The maximum absolute atomic E-state index is 4.43. The summed E-state index contributed by atoms with van der Waals surface area (Å²) in [6.45, 7) is 9.36. The van der Waals surface area contributed by atoms with Gasteiger partial charge >= 0.3 is 125 Å². The van der Waals surface area contributed by atoms with Crippen LogP contribution in [0.1, 0.15) is 79.1 Å². The van der Waals surface area contributed by atoms with Crippen LogP contribution < -0.4 is 0 Å². The minimum absolute atomic E-state index is 1.36. The van der Waals surface area contributed by atoms with Crippen molar-refractivity contribution in [1.82, 2.24) is 0 Å². The summed E-state index contributed by atoms with van der Waals surface area (Å²) in [5.41, 5.74) is 0. The van der Waals surface area contributed by atoms with E-state index in [0.717, 1.165) is 0 Å². The largest absolute Gasteiger partial charge is 0.0679 e. The summed E-state index contributed by atoms with van der Waals surface area (Å²) in [4.78, 5) is 0. The molecule has 1 unspecified atom stereocenters. The molecule has 0 aromatic carbocycles. The fourth-order valence-corrected chi connectivity index (χ4v) is 11.7. The van der Waals surface area contributed by atoms with Crippen molar-refractivity contribution >= 4 is 44.2 Å². The molecule has 0 nitrogen and oxygen atoms in total. The minimum Gasteiger partial charge on any atom is -0.0679 e. The zero-order valence-electron chi connectivity index (χ0n) is 14.3. The molecular formula is C16H38Br2P2. The Bertz CT molecular complexity index is 167. The zero-order valence-corrected chi connectivity index (χ0v) is 19.5. The molecule has 0 saturated carbocycles. The summed E-state index contributed by atoms with van der Waals surface area (Å²) >= 11 is 7.28. The predicted molar refractivity (Wildman–Crippen MR) is 114 cm³/mol. The van der Waals surface area contributed by atoms with Gasteiger partial charge in [0.15, 0.2) is 0 Å². The maximum atomic E-state index is 4.43. The molecule has 0 N–H and O–H groups in total. The van der Waals surface area contributed by atoms with Gasteiger partial charge in [0.05, 0.1) is 0 Å². The van der Waals surface area contributed by atoms with E-state index in [-0.39, 0.29) is 0 Å². The summed E-state index contributed by atoms with van der Waals surface area (Å²) in [5.74, 6) is 0. The Balaban J connectivity index is 0. The first-order valence-corrected chi connectivity index (χ1v) is 16.7. The van der Waals surface area contributed by atoms with Crippen molar-refractivity contribution in [2.24, 2.45) is 0 Å². The van der Waals surface area contributed by atoms with E-state index in [9.17, 15) is 0 Å². The van der Waals surface area contributed by atoms with Crippen molar-refractivity contribution in [2.45, 2.75) is 79.1 Å². The van der Waals surface area contributed by atoms with E-state index < -0.39 is 5.31 Å². The van der Waals surface area contributed by atoms with Gasteiger partial charge in [0.1, 0.15) is 0 Å². The first kappa shape index (κ1) is 24.1. The molecule has 126 valence electrons. The van der Waals surface area contributed by atoms with E-state index >= 15 is 0 Å². The molecule has 0 rings (SSSR count). The van der Waals surface area contributed by atoms with Crippen LogP contribution in [-0.4, -0.2) is 24.6 Å². The second-order valence-corrected chi connectivity index (χ2v) is 17.6. The van der Waals surface area contributed by atoms with Gasteiger partial charge in [-0.25, -0.2) is 0 Å². The molecule has 0 aliphatic rings. The second-order valence-electron chi connectivity index (χ2n) is 6.13. The van der Waals surface area contributed by atoms with Gasteiger partial charge in [0.2, 0.25) is 0 Å². The predicted octanol–water partition coefficient (Wildman–Crippen LogP) is 8.22. The van der Waals surface area contributed by atoms with Crippen molar-refractivity contribution in [1.29, 1.82) is 0 Å². The Hall–Kier alpha value is 1.82. The van der Waals surface area contributed by atoms with E-state index in [1.54, 1.807) is 0 Å². The monoisotopic (exact) mass is 450 g/mol. The Morgan fingerprint density at radius 1 is 0.600 bits per heavy atom. The van der Waals surface area contributed by atoms with Crippen molar-refractivity contribution in [3.05, 3.63) is 0 Å². The van der Waals surface area contributed by atoms with Gasteiger partial charge in [-0.2, -0.15) is 0 Å². The van der Waals surface area contributed by atoms with E-state index in [0.29, 0.717) is 0 Å². The Morgan fingerprint density at radius 3 is 0.950 bits per heavy atom. The SMILES string of the molecule is CCCCP(Br)(CCCC)(CCCC)CCCC.PBr. The topological polar surface area (TPSA) is 0 Å². The fourth-order valence-electron chi connectivity index (χ4n) is 2.88. The van der Waals surface area contributed by atoms with Crippen molar-refractivity contribution < 1.29 is 0 Å². The molecule has 0 saturated heterocycles. The van der Waals surface area contributed by atoms with Crippen LogP contribution in [0.2, 0.25) is 0 Å². The van der Waals surface area contributed by atoms with E-state index in [1.807, 2.05) is 0 Å². The van der Waals surface area contributed by atoms with Gasteiger partial charge in [-0.3, -0.25) is 0 Å². The Kier molecular flexibility index (Phi) is 17.4. The number of rotatable bonds is 12. The van der Waals surface area contributed by atoms with E-state index in [2.05, 4.69) is 66.6 Å². The Morgan fingerprint density at radius 2 is 0.800 bits per heavy atom. The van der Waals surface area contributed by atoms with Crippen LogP contribution in [-0.2, 0) is 0 Å². The molecule has 0 spiro atoms. The molecule has 0 fully saturated rings. The molecule has 0 amide bonds. The van der Waals surface area contributed by atoms with Crippen molar-refractivity contribution in [3.8, 4) is 0 Å². The summed E-state index contributed by atoms with van der Waals surface area (Å²) in [7, 11) is 2.23. The second kappa shape index (κ2) is 14.4. The maximum Gasteiger partial charge on any atom is -0.0652 e. The number of halogens is 2. The molecule has 1 atom stereocenters. The summed E-state index contributed by atoms with van der Waals surface area (Å²) < 4.78 is 0. The van der Waals surface area contributed by atoms with Crippen LogP contribution in [0, 0.1) is 0 Å². The number of unbranched alkanes of at least 4 members (excludes halogenated alkanes) is 4. The number of hydrogen-bond donors (Lipinski definition) is 0. The third-order valence-electron chi connectivity index (χ3n) is 4.28. The van der Waals surface area contributed by atoms with Crippen LogP contribution in [0.15, 0.2) is 0 Å². The third-order valence-corrected chi connectivity index (χ3v) is 14.3. The van der Waals surface area contributed by atoms with Crippen molar-refractivity contribution in [2.75, 3.05) is 24.6 Å². The minimum atomic E-state index is -1.55. The van der Waals surface area contributed by atoms with Gasteiger partial charge in [0, 0.05) is 0 Å². The molecule has 0 radical (unpaired) electrons. The van der Waals surface area contributed by atoms with Crippen molar-refractivity contribution in [3.63, 3.8) is 0 Å². The standard InChI is InChI=1S/C16H36BrP.BrH2P/c1-5-9-13-18(17,14-10-6-2,15-11-7-3)16-12-8-4;1-2/h5-16H2,1-4H3;2H2. The molecule has 0 aromatic rings. The molecule has 0 aliphatic carbocycles. The molecule has 4 heteroatoms. The third kappa shape index (κ3) is 10.5. The average molecular weight is 452 g/mol. The molecular weight excluding hydrogens is 414 g/mol. The van der Waals surface area contributed by atoms with Crippen LogP contribution in [0.25, 0.3) is 0 Å². The quantitative estimate of drug-likeness (QED) is 0.262. The molecule has 0 bridgehead atoms. The Labute approximate surface area is 147 Å². The summed E-state index contributed by atoms with van der Waals surface area (Å²) in [6, 6.07) is 0. The van der Waals surface area contributed by atoms with Crippen LogP contribution in [0.5, 0.6) is 0 Å². The van der Waals surface area contributed by atoms with Crippen LogP contribution >= 0.6 is 44.2 Å². The van der Waals surface area contributed by atoms with Gasteiger partial charge in [-0.05, 0) is 0 Å². The zero-order chi connectivity index (χ0) is 15.9. The van der Waals surface area contributed by atoms with Gasteiger partial charge in [0.25, 0.3) is 0 Å². The first-order valence-electron chi connectivity index (χ1n) is 8.48. The van der Waals surface area contributed by atoms with Gasteiger partial charge < -0.3 is 0 Å². The van der Waals surface area contributed by atoms with Gasteiger partial charge in [-0.1, -0.05) is 23.4 Å². The average Bonchev–Trinajstić information content (AvgIpc) is 2.50. The smallest absolute Gasteiger partial charge is 0.0652 e.